The van der Waals surface area contributed by atoms with Crippen LogP contribution in [0.4, 0.5) is 0 Å². The Bertz CT molecular complexity index is 420. The van der Waals surface area contributed by atoms with Gasteiger partial charge in [0.05, 0.1) is 19.8 Å². The van der Waals surface area contributed by atoms with E-state index in [1.54, 1.807) is 0 Å². The number of carboxylic acids is 1. The van der Waals surface area contributed by atoms with Gasteiger partial charge in [0, 0.05) is 11.8 Å². The van der Waals surface area contributed by atoms with Crippen LogP contribution in [0.1, 0.15) is 25.3 Å². The summed E-state index contributed by atoms with van der Waals surface area (Å²) >= 11 is 0. The molecule has 0 bridgehead atoms. The Morgan fingerprint density at radius 1 is 1.37 bits per heavy atom. The molecule has 1 fully saturated rings. The first-order valence-corrected chi connectivity index (χ1v) is 6.59. The van der Waals surface area contributed by atoms with Crippen LogP contribution in [-0.2, 0) is 16.0 Å². The number of benzene rings is 1. The smallest absolute Gasteiger partial charge is 0.303 e. The van der Waals surface area contributed by atoms with Gasteiger partial charge in [-0.15, -0.1) is 0 Å². The zero-order chi connectivity index (χ0) is 13.7. The minimum atomic E-state index is -0.740. The van der Waals surface area contributed by atoms with Gasteiger partial charge in [-0.3, -0.25) is 4.79 Å². The van der Waals surface area contributed by atoms with Crippen LogP contribution in [0.25, 0.3) is 0 Å². The lowest BCUT2D eigenvalue weighted by atomic mass is 9.90. The van der Waals surface area contributed by atoms with Crippen molar-refractivity contribution >= 4 is 5.97 Å². The molecule has 0 amide bonds. The quantitative estimate of drug-likeness (QED) is 0.822. The Morgan fingerprint density at radius 3 is 2.58 bits per heavy atom. The summed E-state index contributed by atoms with van der Waals surface area (Å²) in [7, 11) is 0. The normalized spacial score (nSPS) is 16.7. The molecule has 1 aliphatic heterocycles. The number of aliphatic carboxylic acids is 1. The van der Waals surface area contributed by atoms with E-state index < -0.39 is 5.97 Å². The van der Waals surface area contributed by atoms with Gasteiger partial charge in [-0.25, -0.2) is 0 Å². The predicted molar refractivity (Wildman–Crippen MR) is 71.4 cm³/mol. The van der Waals surface area contributed by atoms with E-state index in [2.05, 4.69) is 6.92 Å². The Labute approximate surface area is 113 Å². The number of carboxylic acid groups (broad SMARTS) is 1. The van der Waals surface area contributed by atoms with E-state index in [1.807, 2.05) is 24.3 Å². The molecule has 0 saturated carbocycles. The van der Waals surface area contributed by atoms with Gasteiger partial charge in [0.15, 0.2) is 0 Å². The van der Waals surface area contributed by atoms with Gasteiger partial charge in [-0.1, -0.05) is 19.1 Å². The third kappa shape index (κ3) is 4.24. The molecule has 0 aromatic heterocycles. The maximum absolute atomic E-state index is 10.4. The van der Waals surface area contributed by atoms with Gasteiger partial charge in [0.25, 0.3) is 0 Å². The fraction of sp³-hybridized carbons (Fsp3) is 0.533. The van der Waals surface area contributed by atoms with Gasteiger partial charge in [-0.2, -0.15) is 0 Å². The summed E-state index contributed by atoms with van der Waals surface area (Å²) in [6.07, 6.45) is 1.68. The second-order valence-corrected chi connectivity index (χ2v) is 5.48. The van der Waals surface area contributed by atoms with Gasteiger partial charge in [-0.05, 0) is 30.5 Å². The molecule has 4 nitrogen and oxygen atoms in total. The number of hydrogen-bond acceptors (Lipinski definition) is 3. The first kappa shape index (κ1) is 13.9. The lowest BCUT2D eigenvalue weighted by Crippen LogP contribution is -2.44. The molecule has 104 valence electrons. The maximum Gasteiger partial charge on any atom is 0.303 e. The van der Waals surface area contributed by atoms with E-state index in [9.17, 15) is 4.79 Å². The Kier molecular flexibility index (Phi) is 4.43. The lowest BCUT2D eigenvalue weighted by Gasteiger charge is -2.37. The maximum atomic E-state index is 10.4. The molecule has 19 heavy (non-hydrogen) atoms. The van der Waals surface area contributed by atoms with Gasteiger partial charge in [0.2, 0.25) is 0 Å². The van der Waals surface area contributed by atoms with Gasteiger partial charge in [0.1, 0.15) is 5.75 Å². The number of aryl methyl sites for hydroxylation is 1. The molecule has 1 heterocycles. The summed E-state index contributed by atoms with van der Waals surface area (Å²) in [5.74, 6) is 0.117. The zero-order valence-corrected chi connectivity index (χ0v) is 11.2. The predicted octanol–water partition coefficient (Wildman–Crippen LogP) is 2.51. The molecule has 1 N–H and O–H groups in total. The third-order valence-electron chi connectivity index (χ3n) is 3.27. The number of hydrogen-bond donors (Lipinski definition) is 1. The van der Waals surface area contributed by atoms with Crippen molar-refractivity contribution in [2.24, 2.45) is 5.41 Å². The van der Waals surface area contributed by atoms with E-state index in [0.717, 1.165) is 30.9 Å². The standard InChI is InChI=1S/C15H20O4/c1-15(9-18-10-15)11-19-13-7-5-12(6-8-13)3-2-4-14(16)17/h5-8H,2-4,9-11H2,1H3,(H,16,17). The first-order valence-electron chi connectivity index (χ1n) is 6.59. The van der Waals surface area contributed by atoms with E-state index in [0.29, 0.717) is 13.0 Å². The van der Waals surface area contributed by atoms with Crippen molar-refractivity contribution in [2.45, 2.75) is 26.2 Å². The second-order valence-electron chi connectivity index (χ2n) is 5.48. The first-order chi connectivity index (χ1) is 9.07. The molecule has 4 heteroatoms. The van der Waals surface area contributed by atoms with Crippen molar-refractivity contribution in [3.05, 3.63) is 29.8 Å². The van der Waals surface area contributed by atoms with Crippen molar-refractivity contribution in [2.75, 3.05) is 19.8 Å². The van der Waals surface area contributed by atoms with E-state index in [-0.39, 0.29) is 11.8 Å². The highest BCUT2D eigenvalue weighted by atomic mass is 16.5. The minimum absolute atomic E-state index is 0.153. The van der Waals surface area contributed by atoms with Crippen LogP contribution in [0, 0.1) is 5.41 Å². The Hall–Kier alpha value is -1.55. The third-order valence-corrected chi connectivity index (χ3v) is 3.27. The average molecular weight is 264 g/mol. The second kappa shape index (κ2) is 6.06. The van der Waals surface area contributed by atoms with Crippen molar-refractivity contribution in [3.63, 3.8) is 0 Å². The molecular weight excluding hydrogens is 244 g/mol. The van der Waals surface area contributed by atoms with Crippen LogP contribution >= 0.6 is 0 Å². The molecule has 1 aromatic carbocycles. The van der Waals surface area contributed by atoms with E-state index >= 15 is 0 Å². The highest BCUT2D eigenvalue weighted by molar-refractivity contribution is 5.66. The summed E-state index contributed by atoms with van der Waals surface area (Å²) < 4.78 is 10.9. The summed E-state index contributed by atoms with van der Waals surface area (Å²) in [5, 5.41) is 8.58. The molecule has 0 unspecified atom stereocenters. The van der Waals surface area contributed by atoms with Crippen LogP contribution < -0.4 is 4.74 Å². The summed E-state index contributed by atoms with van der Waals surface area (Å²) in [6.45, 7) is 4.35. The molecule has 1 aromatic rings. The summed E-state index contributed by atoms with van der Waals surface area (Å²) in [5.41, 5.74) is 1.30. The van der Waals surface area contributed by atoms with Crippen LogP contribution in [0.5, 0.6) is 5.75 Å². The number of carbonyl (C=O) groups is 1. The molecule has 0 spiro atoms. The fourth-order valence-electron chi connectivity index (χ4n) is 1.99. The average Bonchev–Trinajstić information content (AvgIpc) is 2.35. The van der Waals surface area contributed by atoms with Crippen LogP contribution in [0.15, 0.2) is 24.3 Å². The van der Waals surface area contributed by atoms with Crippen LogP contribution in [0.2, 0.25) is 0 Å². The largest absolute Gasteiger partial charge is 0.493 e. The van der Waals surface area contributed by atoms with Crippen molar-refractivity contribution in [3.8, 4) is 5.75 Å². The minimum Gasteiger partial charge on any atom is -0.493 e. The molecule has 0 radical (unpaired) electrons. The topological polar surface area (TPSA) is 55.8 Å². The van der Waals surface area contributed by atoms with Crippen molar-refractivity contribution < 1.29 is 19.4 Å². The molecule has 1 aliphatic rings. The highest BCUT2D eigenvalue weighted by Gasteiger charge is 2.34. The van der Waals surface area contributed by atoms with Crippen LogP contribution in [0.3, 0.4) is 0 Å². The zero-order valence-electron chi connectivity index (χ0n) is 11.2. The highest BCUT2D eigenvalue weighted by Crippen LogP contribution is 2.27. The van der Waals surface area contributed by atoms with Crippen molar-refractivity contribution in [1.29, 1.82) is 0 Å². The fourth-order valence-corrected chi connectivity index (χ4v) is 1.99. The monoisotopic (exact) mass is 264 g/mol. The molecule has 1 saturated heterocycles. The van der Waals surface area contributed by atoms with Gasteiger partial charge >= 0.3 is 5.97 Å². The number of ether oxygens (including phenoxy) is 2. The SMILES string of the molecule is CC1(COc2ccc(CCCC(=O)O)cc2)COC1. The van der Waals surface area contributed by atoms with Gasteiger partial charge < -0.3 is 14.6 Å². The summed E-state index contributed by atoms with van der Waals surface area (Å²) in [4.78, 5) is 10.4. The Morgan fingerprint density at radius 2 is 2.05 bits per heavy atom. The molecule has 0 atom stereocenters. The summed E-state index contributed by atoms with van der Waals surface area (Å²) in [6, 6.07) is 7.88. The Balaban J connectivity index is 1.76. The number of rotatable bonds is 7. The van der Waals surface area contributed by atoms with Crippen molar-refractivity contribution in [1.82, 2.24) is 0 Å². The molecule has 2 rings (SSSR count). The molecule has 0 aliphatic carbocycles. The van der Waals surface area contributed by atoms with Crippen LogP contribution in [-0.4, -0.2) is 30.9 Å². The van der Waals surface area contributed by atoms with E-state index in [4.69, 9.17) is 14.6 Å². The molecular formula is C15H20O4. The van der Waals surface area contributed by atoms with E-state index in [1.165, 1.54) is 0 Å². The lowest BCUT2D eigenvalue weighted by molar-refractivity contribution is -0.137.